The van der Waals surface area contributed by atoms with E-state index in [1.807, 2.05) is 30.3 Å². The van der Waals surface area contributed by atoms with E-state index in [-0.39, 0.29) is 5.56 Å². The molecule has 6 heteroatoms. The van der Waals surface area contributed by atoms with Gasteiger partial charge >= 0.3 is 0 Å². The minimum absolute atomic E-state index is 0.179. The van der Waals surface area contributed by atoms with Gasteiger partial charge < -0.3 is 0 Å². The molecule has 19 heavy (non-hydrogen) atoms. The summed E-state index contributed by atoms with van der Waals surface area (Å²) in [6, 6.07) is 8.89. The minimum atomic E-state index is -0.179. The van der Waals surface area contributed by atoms with Gasteiger partial charge in [0.2, 0.25) is 4.96 Å². The third-order valence-corrected chi connectivity index (χ3v) is 3.45. The number of hydrogen-bond acceptors (Lipinski definition) is 4. The third kappa shape index (κ3) is 2.57. The fraction of sp³-hybridized carbons (Fsp3) is 0. The van der Waals surface area contributed by atoms with Crippen molar-refractivity contribution in [2.45, 2.75) is 0 Å². The van der Waals surface area contributed by atoms with Crippen LogP contribution in [0.15, 0.2) is 40.6 Å². The highest BCUT2D eigenvalue weighted by Crippen LogP contribution is 2.12. The summed E-state index contributed by atoms with van der Waals surface area (Å²) in [6.45, 7) is 0. The normalized spacial score (nSPS) is 11.4. The molecule has 4 nitrogen and oxygen atoms in total. The van der Waals surface area contributed by atoms with Gasteiger partial charge in [-0.3, -0.25) is 4.79 Å². The Labute approximate surface area is 117 Å². The van der Waals surface area contributed by atoms with Crippen LogP contribution in [0.3, 0.4) is 0 Å². The Bertz CT molecular complexity index is 805. The van der Waals surface area contributed by atoms with Gasteiger partial charge in [0, 0.05) is 11.1 Å². The summed E-state index contributed by atoms with van der Waals surface area (Å²) in [5.41, 5.74) is 3.03. The van der Waals surface area contributed by atoms with E-state index >= 15 is 0 Å². The second-order valence-electron chi connectivity index (χ2n) is 3.84. The molecule has 0 aliphatic heterocycles. The van der Waals surface area contributed by atoms with E-state index in [0.29, 0.717) is 15.7 Å². The van der Waals surface area contributed by atoms with E-state index < -0.39 is 0 Å². The second-order valence-corrected chi connectivity index (χ2v) is 5.09. The molecule has 0 aliphatic rings. The van der Waals surface area contributed by atoms with Crippen LogP contribution in [0.25, 0.3) is 17.1 Å². The van der Waals surface area contributed by atoms with Crippen molar-refractivity contribution in [2.24, 2.45) is 0 Å². The first kappa shape index (κ1) is 12.1. The topological polar surface area (TPSA) is 47.3 Å². The largest absolute Gasteiger partial charge is 0.275 e. The van der Waals surface area contributed by atoms with Crippen LogP contribution in [-0.4, -0.2) is 14.6 Å². The Balaban J connectivity index is 1.96. The third-order valence-electron chi connectivity index (χ3n) is 2.52. The van der Waals surface area contributed by atoms with Crippen molar-refractivity contribution in [2.75, 3.05) is 0 Å². The first-order chi connectivity index (χ1) is 9.22. The Morgan fingerprint density at radius 1 is 1.21 bits per heavy atom. The van der Waals surface area contributed by atoms with Gasteiger partial charge in [-0.2, -0.15) is 9.61 Å². The van der Waals surface area contributed by atoms with Crippen LogP contribution in [0.1, 0.15) is 11.3 Å². The standard InChI is InChI=1S/C13H8ClN3OS/c14-10-4-1-9(2-5-10)3-6-11-7-12(18)17-13(16-11)19-8-15-17/h1-8H/b6-3+. The van der Waals surface area contributed by atoms with E-state index in [9.17, 15) is 4.79 Å². The van der Waals surface area contributed by atoms with Gasteiger partial charge in [0.15, 0.2) is 0 Å². The van der Waals surface area contributed by atoms with Crippen LogP contribution in [0.5, 0.6) is 0 Å². The number of fused-ring (bicyclic) bond motifs is 1. The van der Waals surface area contributed by atoms with Gasteiger partial charge in [-0.15, -0.1) is 0 Å². The van der Waals surface area contributed by atoms with Gasteiger partial charge in [0.1, 0.15) is 5.51 Å². The van der Waals surface area contributed by atoms with E-state index in [2.05, 4.69) is 10.1 Å². The van der Waals surface area contributed by atoms with Crippen molar-refractivity contribution >= 4 is 40.1 Å². The van der Waals surface area contributed by atoms with E-state index in [4.69, 9.17) is 11.6 Å². The number of aromatic nitrogens is 3. The zero-order chi connectivity index (χ0) is 13.2. The summed E-state index contributed by atoms with van der Waals surface area (Å²) in [6.07, 6.45) is 3.68. The highest BCUT2D eigenvalue weighted by Gasteiger charge is 2.01. The van der Waals surface area contributed by atoms with Crippen LogP contribution in [0.4, 0.5) is 0 Å². The molecule has 2 aromatic heterocycles. The molecule has 0 amide bonds. The molecule has 2 heterocycles. The first-order valence-corrected chi connectivity index (χ1v) is 6.75. The first-order valence-electron chi connectivity index (χ1n) is 5.49. The molecule has 0 radical (unpaired) electrons. The molecule has 0 saturated carbocycles. The SMILES string of the molecule is O=c1cc(/C=C/c2ccc(Cl)cc2)nc2scnn12. The average Bonchev–Trinajstić information content (AvgIpc) is 2.87. The van der Waals surface area contributed by atoms with Crippen LogP contribution in [0.2, 0.25) is 5.02 Å². The molecule has 3 rings (SSSR count). The monoisotopic (exact) mass is 289 g/mol. The minimum Gasteiger partial charge on any atom is -0.267 e. The van der Waals surface area contributed by atoms with Crippen LogP contribution in [0, 0.1) is 0 Å². The van der Waals surface area contributed by atoms with Crippen LogP contribution >= 0.6 is 22.9 Å². The summed E-state index contributed by atoms with van der Waals surface area (Å²) in [5, 5.41) is 4.60. The maximum atomic E-state index is 11.7. The quantitative estimate of drug-likeness (QED) is 0.729. The molecule has 0 atom stereocenters. The fourth-order valence-electron chi connectivity index (χ4n) is 1.61. The molecule has 3 aromatic rings. The number of rotatable bonds is 2. The Kier molecular flexibility index (Phi) is 3.15. The maximum Gasteiger partial charge on any atom is 0.275 e. The predicted octanol–water partition coefficient (Wildman–Crippen LogP) is 2.97. The fourth-order valence-corrected chi connectivity index (χ4v) is 2.37. The average molecular weight is 290 g/mol. The highest BCUT2D eigenvalue weighted by atomic mass is 35.5. The van der Waals surface area contributed by atoms with Crippen LogP contribution < -0.4 is 5.56 Å². The lowest BCUT2D eigenvalue weighted by Crippen LogP contribution is -2.13. The van der Waals surface area contributed by atoms with E-state index in [0.717, 1.165) is 5.56 Å². The van der Waals surface area contributed by atoms with Crippen molar-refractivity contribution in [1.82, 2.24) is 14.6 Å². The summed E-state index contributed by atoms with van der Waals surface area (Å²) >= 11 is 7.15. The number of halogens is 1. The van der Waals surface area contributed by atoms with Crippen molar-refractivity contribution in [3.63, 3.8) is 0 Å². The molecule has 0 unspecified atom stereocenters. The molecule has 0 spiro atoms. The lowest BCUT2D eigenvalue weighted by Gasteiger charge is -1.95. The van der Waals surface area contributed by atoms with Gasteiger partial charge in [0.25, 0.3) is 5.56 Å². The Hall–Kier alpha value is -1.98. The van der Waals surface area contributed by atoms with Crippen molar-refractivity contribution in [1.29, 1.82) is 0 Å². The van der Waals surface area contributed by atoms with Gasteiger partial charge in [-0.05, 0) is 23.8 Å². The lowest BCUT2D eigenvalue weighted by atomic mass is 10.2. The number of nitrogens with zero attached hydrogens (tertiary/aromatic N) is 3. The number of hydrogen-bond donors (Lipinski definition) is 0. The molecule has 94 valence electrons. The zero-order valence-electron chi connectivity index (χ0n) is 9.65. The molecule has 0 fully saturated rings. The summed E-state index contributed by atoms with van der Waals surface area (Å²) in [5.74, 6) is 0. The summed E-state index contributed by atoms with van der Waals surface area (Å²) < 4.78 is 1.28. The van der Waals surface area contributed by atoms with Crippen molar-refractivity contribution in [3.05, 3.63) is 62.5 Å². The highest BCUT2D eigenvalue weighted by molar-refractivity contribution is 7.14. The van der Waals surface area contributed by atoms with E-state index in [1.165, 1.54) is 21.9 Å². The lowest BCUT2D eigenvalue weighted by molar-refractivity contribution is 0.897. The predicted molar refractivity (Wildman–Crippen MR) is 77.5 cm³/mol. The van der Waals surface area contributed by atoms with Crippen LogP contribution in [-0.2, 0) is 0 Å². The Morgan fingerprint density at radius 3 is 2.79 bits per heavy atom. The second kappa shape index (κ2) is 4.95. The van der Waals surface area contributed by atoms with E-state index in [1.54, 1.807) is 11.6 Å². The van der Waals surface area contributed by atoms with Gasteiger partial charge in [0.05, 0.1) is 5.69 Å². The maximum absolute atomic E-state index is 11.7. The van der Waals surface area contributed by atoms with Crippen molar-refractivity contribution in [3.8, 4) is 0 Å². The molecular formula is C13H8ClN3OS. The summed E-state index contributed by atoms with van der Waals surface area (Å²) in [4.78, 5) is 16.7. The van der Waals surface area contributed by atoms with Gasteiger partial charge in [-0.25, -0.2) is 4.98 Å². The molecule has 0 N–H and O–H groups in total. The molecular weight excluding hydrogens is 282 g/mol. The number of benzene rings is 1. The zero-order valence-corrected chi connectivity index (χ0v) is 11.2. The molecule has 0 saturated heterocycles. The Morgan fingerprint density at radius 2 is 2.00 bits per heavy atom. The molecule has 0 bridgehead atoms. The van der Waals surface area contributed by atoms with Crippen molar-refractivity contribution < 1.29 is 0 Å². The summed E-state index contributed by atoms with van der Waals surface area (Å²) in [7, 11) is 0. The molecule has 0 aliphatic carbocycles. The molecule has 1 aromatic carbocycles. The smallest absolute Gasteiger partial charge is 0.267 e. The van der Waals surface area contributed by atoms with Gasteiger partial charge in [-0.1, -0.05) is 41.1 Å².